The maximum absolute atomic E-state index is 13.1. The van der Waals surface area contributed by atoms with E-state index < -0.39 is 0 Å². The van der Waals surface area contributed by atoms with Gasteiger partial charge in [0.25, 0.3) is 0 Å². The van der Waals surface area contributed by atoms with Gasteiger partial charge in [0.2, 0.25) is 5.91 Å². The molecule has 1 heterocycles. The van der Waals surface area contributed by atoms with Crippen molar-refractivity contribution >= 4 is 11.5 Å². The number of nitrogens with zero attached hydrogens (tertiary/aromatic N) is 1. The van der Waals surface area contributed by atoms with Crippen molar-refractivity contribution in [2.75, 3.05) is 19.6 Å². The van der Waals surface area contributed by atoms with Gasteiger partial charge in [-0.1, -0.05) is 96.1 Å². The average molecular weight is 454 g/mol. The van der Waals surface area contributed by atoms with Crippen LogP contribution in [0.15, 0.2) is 90.5 Å². The molecule has 1 aliphatic rings. The monoisotopic (exact) mass is 453 g/mol. The van der Waals surface area contributed by atoms with E-state index in [1.165, 1.54) is 27.8 Å². The van der Waals surface area contributed by atoms with E-state index in [0.29, 0.717) is 19.5 Å². The minimum atomic E-state index is -0.186. The molecular weight excluding hydrogens is 418 g/mol. The summed E-state index contributed by atoms with van der Waals surface area (Å²) in [5.74, 6) is 0.0739. The Bertz CT molecular complexity index is 1040. The highest BCUT2D eigenvalue weighted by atomic mass is 16.2. The number of piperidine rings is 1. The van der Waals surface area contributed by atoms with Crippen LogP contribution in [-0.4, -0.2) is 36.5 Å². The Morgan fingerprint density at radius 1 is 0.882 bits per heavy atom. The third-order valence-electron chi connectivity index (χ3n) is 6.65. The second kappa shape index (κ2) is 11.8. The fraction of sp³-hybridized carbons (Fsp3) is 0.300. The Labute approximate surface area is 203 Å². The fourth-order valence-electron chi connectivity index (χ4n) is 4.79. The van der Waals surface area contributed by atoms with Gasteiger partial charge in [0.05, 0.1) is 6.04 Å². The molecule has 0 aromatic heterocycles. The van der Waals surface area contributed by atoms with E-state index in [0.717, 1.165) is 31.5 Å². The Hall–Kier alpha value is -3.21. The van der Waals surface area contributed by atoms with E-state index in [2.05, 4.69) is 102 Å². The number of carbonyl (C=O) groups is 1. The molecule has 1 fully saturated rings. The van der Waals surface area contributed by atoms with Crippen molar-refractivity contribution in [2.24, 2.45) is 5.73 Å². The summed E-state index contributed by atoms with van der Waals surface area (Å²) < 4.78 is 0. The maximum Gasteiger partial charge on any atom is 0.237 e. The summed E-state index contributed by atoms with van der Waals surface area (Å²) in [6.45, 7) is 4.84. The van der Waals surface area contributed by atoms with Crippen LogP contribution in [0, 0.1) is 6.92 Å². The van der Waals surface area contributed by atoms with Crippen molar-refractivity contribution < 1.29 is 4.79 Å². The molecule has 1 unspecified atom stereocenters. The van der Waals surface area contributed by atoms with E-state index in [9.17, 15) is 4.79 Å². The van der Waals surface area contributed by atoms with Crippen LogP contribution in [0.25, 0.3) is 5.57 Å². The number of aryl methyl sites for hydroxylation is 1. The Kier molecular flexibility index (Phi) is 8.29. The number of nitrogens with one attached hydrogen (secondary N) is 1. The molecule has 4 heteroatoms. The predicted octanol–water partition coefficient (Wildman–Crippen LogP) is 4.93. The number of nitrogens with two attached hydrogens (primary N) is 1. The Morgan fingerprint density at radius 3 is 1.97 bits per heavy atom. The molecule has 1 atom stereocenters. The number of hydrogen-bond acceptors (Lipinski definition) is 3. The summed E-state index contributed by atoms with van der Waals surface area (Å²) in [5.41, 5.74) is 13.5. The zero-order valence-corrected chi connectivity index (χ0v) is 20.0. The number of rotatable bonds is 8. The van der Waals surface area contributed by atoms with Crippen LogP contribution < -0.4 is 11.1 Å². The highest BCUT2D eigenvalue weighted by Gasteiger charge is 2.28. The molecule has 176 valence electrons. The van der Waals surface area contributed by atoms with Crippen LogP contribution in [0.4, 0.5) is 0 Å². The smallest absolute Gasteiger partial charge is 0.237 e. The van der Waals surface area contributed by atoms with E-state index in [-0.39, 0.29) is 11.9 Å². The molecule has 3 aromatic rings. The van der Waals surface area contributed by atoms with Gasteiger partial charge in [0, 0.05) is 19.6 Å². The molecule has 1 aliphatic heterocycles. The quantitative estimate of drug-likeness (QED) is 0.509. The topological polar surface area (TPSA) is 58.4 Å². The van der Waals surface area contributed by atoms with Crippen molar-refractivity contribution in [3.8, 4) is 0 Å². The van der Waals surface area contributed by atoms with Crippen LogP contribution >= 0.6 is 0 Å². The first-order chi connectivity index (χ1) is 16.7. The molecule has 3 N–H and O–H groups in total. The van der Waals surface area contributed by atoms with Gasteiger partial charge in [-0.15, -0.1) is 0 Å². The molecule has 0 radical (unpaired) electrons. The van der Waals surface area contributed by atoms with Crippen molar-refractivity contribution in [1.82, 2.24) is 10.2 Å². The fourth-order valence-corrected chi connectivity index (χ4v) is 4.79. The Morgan fingerprint density at radius 2 is 1.44 bits per heavy atom. The summed E-state index contributed by atoms with van der Waals surface area (Å²) in [6, 6.07) is 29.4. The first-order valence-corrected chi connectivity index (χ1v) is 12.3. The minimum Gasteiger partial charge on any atom is -0.351 e. The highest BCUT2D eigenvalue weighted by molar-refractivity contribution is 5.83. The van der Waals surface area contributed by atoms with Crippen LogP contribution in [0.5, 0.6) is 0 Å². The molecular formula is C30H35N3O. The molecule has 34 heavy (non-hydrogen) atoms. The van der Waals surface area contributed by atoms with Crippen molar-refractivity contribution in [3.05, 3.63) is 113 Å². The van der Waals surface area contributed by atoms with Gasteiger partial charge in [-0.05, 0) is 55.0 Å². The molecule has 4 nitrogen and oxygen atoms in total. The molecule has 0 spiro atoms. The number of carbonyl (C=O) groups excluding carboxylic acids is 1. The minimum absolute atomic E-state index is 0.0739. The normalized spacial score (nSPS) is 15.1. The second-order valence-corrected chi connectivity index (χ2v) is 9.04. The molecule has 0 bridgehead atoms. The van der Waals surface area contributed by atoms with Gasteiger partial charge in [0.1, 0.15) is 0 Å². The first-order valence-electron chi connectivity index (χ1n) is 12.3. The average Bonchev–Trinajstić information content (AvgIpc) is 2.89. The van der Waals surface area contributed by atoms with Gasteiger partial charge >= 0.3 is 0 Å². The van der Waals surface area contributed by atoms with Crippen molar-refractivity contribution in [2.45, 2.75) is 38.8 Å². The summed E-state index contributed by atoms with van der Waals surface area (Å²) >= 11 is 0. The largest absolute Gasteiger partial charge is 0.351 e. The van der Waals surface area contributed by atoms with Gasteiger partial charge in [-0.25, -0.2) is 0 Å². The standard InChI is InChI=1S/C30H35N3O/c1-23-12-14-24(15-13-23)22-32-30(34)28(16-19-31)33-20-17-27(18-21-33)29(25-8-4-2-5-9-25)26-10-6-3-7-11-26/h2-15,28H,16-22,31H2,1H3,(H,32,34). The number of amides is 1. The van der Waals surface area contributed by atoms with E-state index in [4.69, 9.17) is 5.73 Å². The first kappa shape index (κ1) is 23.9. The third-order valence-corrected chi connectivity index (χ3v) is 6.65. The molecule has 4 rings (SSSR count). The third kappa shape index (κ3) is 6.02. The van der Waals surface area contributed by atoms with Crippen molar-refractivity contribution in [3.63, 3.8) is 0 Å². The SMILES string of the molecule is Cc1ccc(CNC(=O)C(CCN)N2CCC(=C(c3ccccc3)c3ccccc3)CC2)cc1. The molecule has 1 amide bonds. The lowest BCUT2D eigenvalue weighted by molar-refractivity contribution is -0.127. The summed E-state index contributed by atoms with van der Waals surface area (Å²) in [5, 5.41) is 3.14. The van der Waals surface area contributed by atoms with Crippen LogP contribution in [-0.2, 0) is 11.3 Å². The highest BCUT2D eigenvalue weighted by Crippen LogP contribution is 2.32. The lowest BCUT2D eigenvalue weighted by Gasteiger charge is -2.35. The van der Waals surface area contributed by atoms with Gasteiger partial charge in [0.15, 0.2) is 0 Å². The number of likely N-dealkylation sites (tertiary alicyclic amines) is 1. The zero-order valence-electron chi connectivity index (χ0n) is 20.0. The summed E-state index contributed by atoms with van der Waals surface area (Å²) in [7, 11) is 0. The van der Waals surface area contributed by atoms with Gasteiger partial charge in [-0.3, -0.25) is 9.69 Å². The lowest BCUT2D eigenvalue weighted by Crippen LogP contribution is -2.49. The van der Waals surface area contributed by atoms with Gasteiger partial charge in [-0.2, -0.15) is 0 Å². The summed E-state index contributed by atoms with van der Waals surface area (Å²) in [6.07, 6.45) is 2.57. The Balaban J connectivity index is 1.47. The molecule has 0 saturated carbocycles. The van der Waals surface area contributed by atoms with Crippen LogP contribution in [0.2, 0.25) is 0 Å². The number of hydrogen-bond donors (Lipinski definition) is 2. The maximum atomic E-state index is 13.1. The zero-order chi connectivity index (χ0) is 23.8. The van der Waals surface area contributed by atoms with Crippen LogP contribution in [0.1, 0.15) is 41.5 Å². The number of benzene rings is 3. The molecule has 3 aromatic carbocycles. The van der Waals surface area contributed by atoms with E-state index >= 15 is 0 Å². The van der Waals surface area contributed by atoms with E-state index in [1.807, 2.05) is 0 Å². The van der Waals surface area contributed by atoms with Crippen molar-refractivity contribution in [1.29, 1.82) is 0 Å². The lowest BCUT2D eigenvalue weighted by atomic mass is 9.88. The second-order valence-electron chi connectivity index (χ2n) is 9.04. The molecule has 1 saturated heterocycles. The molecule has 0 aliphatic carbocycles. The van der Waals surface area contributed by atoms with E-state index in [1.54, 1.807) is 0 Å². The summed E-state index contributed by atoms with van der Waals surface area (Å²) in [4.78, 5) is 15.4. The predicted molar refractivity (Wildman–Crippen MR) is 140 cm³/mol. The van der Waals surface area contributed by atoms with Crippen LogP contribution in [0.3, 0.4) is 0 Å². The van der Waals surface area contributed by atoms with Gasteiger partial charge < -0.3 is 11.1 Å².